The van der Waals surface area contributed by atoms with Crippen molar-refractivity contribution in [2.24, 2.45) is 0 Å². The van der Waals surface area contributed by atoms with Gasteiger partial charge in [-0.2, -0.15) is 0 Å². The maximum atomic E-state index is 13.1. The van der Waals surface area contributed by atoms with Crippen molar-refractivity contribution in [1.82, 2.24) is 14.5 Å². The molecule has 2 aliphatic rings. The molecule has 0 atom stereocenters. The van der Waals surface area contributed by atoms with Crippen LogP contribution in [-0.4, -0.2) is 51.7 Å². The largest absolute Gasteiger partial charge is 0.341 e. The molecule has 0 N–H and O–H groups in total. The first-order valence-corrected chi connectivity index (χ1v) is 13.0. The normalized spacial score (nSPS) is 16.6. The van der Waals surface area contributed by atoms with Gasteiger partial charge in [0.25, 0.3) is 0 Å². The van der Waals surface area contributed by atoms with E-state index in [1.807, 2.05) is 53.7 Å². The van der Waals surface area contributed by atoms with Crippen molar-refractivity contribution < 1.29 is 9.59 Å². The standard InChI is InChI=1S/C25H24Cl2N4O2S/c26-19-5-6-20(27)18(13-19)14-30-12-9-28-25(30)17-7-10-29(11-8-17)23(32)15-31-21-3-1-2-4-22(21)34-16-24(31)33/h1-6,9,12-13,17H,7-8,10-11,14-16H2. The summed E-state index contributed by atoms with van der Waals surface area (Å²) in [5, 5.41) is 1.33. The highest BCUT2D eigenvalue weighted by atomic mass is 35.5. The number of anilines is 1. The summed E-state index contributed by atoms with van der Waals surface area (Å²) < 4.78 is 2.11. The van der Waals surface area contributed by atoms with Gasteiger partial charge >= 0.3 is 0 Å². The third kappa shape index (κ3) is 4.83. The van der Waals surface area contributed by atoms with Crippen molar-refractivity contribution in [3.8, 4) is 0 Å². The number of hydrogen-bond donors (Lipinski definition) is 0. The number of aromatic nitrogens is 2. The Labute approximate surface area is 212 Å². The number of carbonyl (C=O) groups is 2. The average molecular weight is 515 g/mol. The van der Waals surface area contributed by atoms with Crippen LogP contribution in [0, 0.1) is 0 Å². The molecule has 0 aliphatic carbocycles. The molecule has 6 nitrogen and oxygen atoms in total. The van der Waals surface area contributed by atoms with Crippen LogP contribution in [0.5, 0.6) is 0 Å². The number of fused-ring (bicyclic) bond motifs is 1. The maximum Gasteiger partial charge on any atom is 0.242 e. The summed E-state index contributed by atoms with van der Waals surface area (Å²) in [6, 6.07) is 13.2. The number of amides is 2. The summed E-state index contributed by atoms with van der Waals surface area (Å²) in [5.41, 5.74) is 1.78. The third-order valence-electron chi connectivity index (χ3n) is 6.41. The van der Waals surface area contributed by atoms with E-state index in [2.05, 4.69) is 9.55 Å². The molecule has 3 heterocycles. The molecule has 0 unspecified atom stereocenters. The number of piperidine rings is 1. The van der Waals surface area contributed by atoms with Gasteiger partial charge in [-0.25, -0.2) is 4.98 Å². The summed E-state index contributed by atoms with van der Waals surface area (Å²) in [7, 11) is 0. The first kappa shape index (κ1) is 23.3. The van der Waals surface area contributed by atoms with E-state index in [1.165, 1.54) is 11.8 Å². The molecular formula is C25H24Cl2N4O2S. The Bertz CT molecular complexity index is 1220. The minimum absolute atomic E-state index is 0.0115. The van der Waals surface area contributed by atoms with Gasteiger partial charge in [-0.05, 0) is 48.7 Å². The van der Waals surface area contributed by atoms with Crippen molar-refractivity contribution in [1.29, 1.82) is 0 Å². The van der Waals surface area contributed by atoms with E-state index in [0.29, 0.717) is 35.4 Å². The Morgan fingerprint density at radius 2 is 1.91 bits per heavy atom. The molecule has 0 bridgehead atoms. The number of carbonyl (C=O) groups excluding carboxylic acids is 2. The first-order valence-electron chi connectivity index (χ1n) is 11.2. The van der Waals surface area contributed by atoms with Crippen LogP contribution in [0.4, 0.5) is 5.69 Å². The monoisotopic (exact) mass is 514 g/mol. The Hall–Kier alpha value is -2.48. The number of rotatable bonds is 5. The SMILES string of the molecule is O=C(CN1C(=O)CSc2ccccc21)N1CCC(c2nccn2Cc2cc(Cl)ccc2Cl)CC1. The molecule has 1 saturated heterocycles. The molecule has 1 aromatic heterocycles. The highest BCUT2D eigenvalue weighted by molar-refractivity contribution is 8.00. The summed E-state index contributed by atoms with van der Waals surface area (Å²) >= 11 is 14.0. The lowest BCUT2D eigenvalue weighted by molar-refractivity contribution is -0.132. The van der Waals surface area contributed by atoms with E-state index in [9.17, 15) is 9.59 Å². The van der Waals surface area contributed by atoms with Gasteiger partial charge in [-0.3, -0.25) is 9.59 Å². The Balaban J connectivity index is 1.22. The number of para-hydroxylation sites is 1. The van der Waals surface area contributed by atoms with E-state index in [-0.39, 0.29) is 24.3 Å². The van der Waals surface area contributed by atoms with Crippen molar-refractivity contribution in [2.45, 2.75) is 30.2 Å². The number of likely N-dealkylation sites (tertiary alicyclic amines) is 1. The molecule has 2 aromatic carbocycles. The smallest absolute Gasteiger partial charge is 0.242 e. The maximum absolute atomic E-state index is 13.1. The second-order valence-electron chi connectivity index (χ2n) is 8.54. The molecule has 0 spiro atoms. The number of benzene rings is 2. The zero-order valence-electron chi connectivity index (χ0n) is 18.5. The van der Waals surface area contributed by atoms with Gasteiger partial charge in [-0.15, -0.1) is 11.8 Å². The summed E-state index contributed by atoms with van der Waals surface area (Å²) in [5.74, 6) is 1.59. The third-order valence-corrected chi connectivity index (χ3v) is 8.06. The summed E-state index contributed by atoms with van der Waals surface area (Å²) in [6.07, 6.45) is 5.42. The van der Waals surface area contributed by atoms with Crippen molar-refractivity contribution in [2.75, 3.05) is 30.3 Å². The predicted molar refractivity (Wildman–Crippen MR) is 136 cm³/mol. The van der Waals surface area contributed by atoms with Gasteiger partial charge in [0.15, 0.2) is 0 Å². The zero-order valence-corrected chi connectivity index (χ0v) is 20.8. The summed E-state index contributed by atoms with van der Waals surface area (Å²) in [6.45, 7) is 1.98. The Kier molecular flexibility index (Phi) is 6.86. The predicted octanol–water partition coefficient (Wildman–Crippen LogP) is 5.08. The molecule has 0 radical (unpaired) electrons. The molecule has 5 rings (SSSR count). The van der Waals surface area contributed by atoms with Crippen LogP contribution in [0.2, 0.25) is 10.0 Å². The topological polar surface area (TPSA) is 58.4 Å². The molecule has 3 aromatic rings. The molecule has 176 valence electrons. The number of halogens is 2. The molecule has 0 saturated carbocycles. The van der Waals surface area contributed by atoms with Crippen LogP contribution >= 0.6 is 35.0 Å². The van der Waals surface area contributed by atoms with Crippen LogP contribution in [-0.2, 0) is 16.1 Å². The van der Waals surface area contributed by atoms with E-state index >= 15 is 0 Å². The van der Waals surface area contributed by atoms with E-state index in [4.69, 9.17) is 23.2 Å². The van der Waals surface area contributed by atoms with Crippen LogP contribution in [0.15, 0.2) is 59.8 Å². The Morgan fingerprint density at radius 3 is 2.74 bits per heavy atom. The van der Waals surface area contributed by atoms with Crippen molar-refractivity contribution in [3.05, 3.63) is 76.3 Å². The van der Waals surface area contributed by atoms with Gasteiger partial charge in [-0.1, -0.05) is 35.3 Å². The van der Waals surface area contributed by atoms with Crippen molar-refractivity contribution in [3.63, 3.8) is 0 Å². The highest BCUT2D eigenvalue weighted by Gasteiger charge is 2.31. The second kappa shape index (κ2) is 10.0. The number of hydrogen-bond acceptors (Lipinski definition) is 4. The zero-order chi connectivity index (χ0) is 23.7. The molecule has 2 aliphatic heterocycles. The van der Waals surface area contributed by atoms with Crippen LogP contribution in [0.3, 0.4) is 0 Å². The van der Waals surface area contributed by atoms with Crippen LogP contribution in [0.1, 0.15) is 30.1 Å². The number of nitrogens with zero attached hydrogens (tertiary/aromatic N) is 4. The lowest BCUT2D eigenvalue weighted by Crippen LogP contribution is -2.47. The molecular weight excluding hydrogens is 491 g/mol. The van der Waals surface area contributed by atoms with Crippen LogP contribution < -0.4 is 4.90 Å². The van der Waals surface area contributed by atoms with Crippen molar-refractivity contribution >= 4 is 52.5 Å². The van der Waals surface area contributed by atoms with E-state index in [0.717, 1.165) is 34.8 Å². The van der Waals surface area contributed by atoms with Gasteiger partial charge in [0.2, 0.25) is 11.8 Å². The van der Waals surface area contributed by atoms with Gasteiger partial charge in [0.05, 0.1) is 18.0 Å². The Morgan fingerprint density at radius 1 is 1.12 bits per heavy atom. The fraction of sp³-hybridized carbons (Fsp3) is 0.320. The quantitative estimate of drug-likeness (QED) is 0.476. The second-order valence-corrected chi connectivity index (χ2v) is 10.4. The lowest BCUT2D eigenvalue weighted by Gasteiger charge is -2.34. The van der Waals surface area contributed by atoms with Crippen LogP contribution in [0.25, 0.3) is 0 Å². The number of thioether (sulfide) groups is 1. The molecule has 34 heavy (non-hydrogen) atoms. The summed E-state index contributed by atoms with van der Waals surface area (Å²) in [4.78, 5) is 34.7. The lowest BCUT2D eigenvalue weighted by atomic mass is 9.95. The number of imidazole rings is 1. The fourth-order valence-corrected chi connectivity index (χ4v) is 5.92. The average Bonchev–Trinajstić information content (AvgIpc) is 3.31. The highest BCUT2D eigenvalue weighted by Crippen LogP contribution is 2.35. The van der Waals surface area contributed by atoms with E-state index in [1.54, 1.807) is 11.0 Å². The van der Waals surface area contributed by atoms with E-state index < -0.39 is 0 Å². The molecule has 9 heteroatoms. The minimum Gasteiger partial charge on any atom is -0.341 e. The van der Waals surface area contributed by atoms with Gasteiger partial charge < -0.3 is 14.4 Å². The van der Waals surface area contributed by atoms with Gasteiger partial charge in [0, 0.05) is 46.3 Å². The molecule has 1 fully saturated rings. The molecule has 2 amide bonds. The fourth-order valence-electron chi connectivity index (χ4n) is 4.61. The van der Waals surface area contributed by atoms with Gasteiger partial charge in [0.1, 0.15) is 12.4 Å². The first-order chi connectivity index (χ1) is 16.5. The minimum atomic E-state index is -0.0198.